The van der Waals surface area contributed by atoms with Crippen molar-refractivity contribution in [2.75, 3.05) is 5.32 Å². The van der Waals surface area contributed by atoms with E-state index in [2.05, 4.69) is 10.3 Å². The first-order chi connectivity index (χ1) is 15.4. The first kappa shape index (κ1) is 21.3. The topological polar surface area (TPSA) is 113 Å². The molecule has 4 rings (SSSR count). The van der Waals surface area contributed by atoms with Crippen LogP contribution in [-0.4, -0.2) is 21.2 Å². The van der Waals surface area contributed by atoms with Gasteiger partial charge in [0.2, 0.25) is 0 Å². The Hall–Kier alpha value is -3.97. The number of nitrogens with zero attached hydrogens (tertiary/aromatic N) is 1. The summed E-state index contributed by atoms with van der Waals surface area (Å²) in [7, 11) is 0. The van der Waals surface area contributed by atoms with Crippen LogP contribution in [0.4, 0.5) is 5.69 Å². The van der Waals surface area contributed by atoms with Crippen molar-refractivity contribution in [2.45, 2.75) is 26.5 Å². The SMILES string of the molecule is Cc1cc([C@@H](C)Nc2ccccc2C(=O)O)c2oc(-c3cccc(CO)n3)cc(=O)c2c1. The van der Waals surface area contributed by atoms with Crippen LogP contribution in [0.15, 0.2) is 69.9 Å². The van der Waals surface area contributed by atoms with Crippen LogP contribution in [0.3, 0.4) is 0 Å². The Labute approximate surface area is 184 Å². The fraction of sp³-hybridized carbons (Fsp3) is 0.160. The van der Waals surface area contributed by atoms with Crippen molar-refractivity contribution >= 4 is 22.6 Å². The van der Waals surface area contributed by atoms with Crippen LogP contribution in [0.25, 0.3) is 22.4 Å². The smallest absolute Gasteiger partial charge is 0.337 e. The van der Waals surface area contributed by atoms with Crippen LogP contribution in [0.2, 0.25) is 0 Å². The highest BCUT2D eigenvalue weighted by Crippen LogP contribution is 2.31. The summed E-state index contributed by atoms with van der Waals surface area (Å²) in [6, 6.07) is 16.5. The van der Waals surface area contributed by atoms with Crippen LogP contribution in [0, 0.1) is 6.92 Å². The first-order valence-corrected chi connectivity index (χ1v) is 10.1. The van der Waals surface area contributed by atoms with Crippen molar-refractivity contribution in [2.24, 2.45) is 0 Å². The van der Waals surface area contributed by atoms with E-state index in [9.17, 15) is 19.8 Å². The number of fused-ring (bicyclic) bond motifs is 1. The Morgan fingerprint density at radius 2 is 1.91 bits per heavy atom. The molecule has 0 fully saturated rings. The third-order valence-corrected chi connectivity index (χ3v) is 5.22. The minimum Gasteiger partial charge on any atom is -0.478 e. The Bertz CT molecular complexity index is 1380. The number of benzene rings is 2. The van der Waals surface area contributed by atoms with Crippen LogP contribution in [0.1, 0.15) is 40.1 Å². The molecule has 0 aliphatic carbocycles. The number of aliphatic hydroxyl groups is 1. The zero-order valence-corrected chi connectivity index (χ0v) is 17.6. The zero-order chi connectivity index (χ0) is 22.8. The number of para-hydroxylation sites is 1. The number of hydrogen-bond donors (Lipinski definition) is 3. The van der Waals surface area contributed by atoms with E-state index in [1.54, 1.807) is 42.5 Å². The molecule has 0 saturated heterocycles. The molecule has 0 saturated carbocycles. The summed E-state index contributed by atoms with van der Waals surface area (Å²) in [5.41, 5.74) is 3.34. The average Bonchev–Trinajstić information content (AvgIpc) is 2.79. The molecule has 0 aliphatic rings. The third-order valence-electron chi connectivity index (χ3n) is 5.22. The van der Waals surface area contributed by atoms with Gasteiger partial charge in [-0.05, 0) is 49.7 Å². The number of carboxylic acids is 1. The van der Waals surface area contributed by atoms with Crippen molar-refractivity contribution in [1.29, 1.82) is 0 Å². The second-order valence-corrected chi connectivity index (χ2v) is 7.59. The van der Waals surface area contributed by atoms with Gasteiger partial charge in [0.1, 0.15) is 11.3 Å². The molecule has 0 amide bonds. The summed E-state index contributed by atoms with van der Waals surface area (Å²) in [6.07, 6.45) is 0. The molecule has 1 atom stereocenters. The highest BCUT2D eigenvalue weighted by molar-refractivity contribution is 5.94. The van der Waals surface area contributed by atoms with Crippen LogP contribution < -0.4 is 10.7 Å². The Kier molecular flexibility index (Phi) is 5.75. The molecule has 32 heavy (non-hydrogen) atoms. The number of aliphatic hydroxyl groups excluding tert-OH is 1. The molecule has 0 aliphatic heterocycles. The molecule has 0 radical (unpaired) electrons. The summed E-state index contributed by atoms with van der Waals surface area (Å²) in [5.74, 6) is -0.737. The number of carboxylic acid groups (broad SMARTS) is 1. The summed E-state index contributed by atoms with van der Waals surface area (Å²) < 4.78 is 6.15. The van der Waals surface area contributed by atoms with E-state index in [0.29, 0.717) is 33.8 Å². The highest BCUT2D eigenvalue weighted by atomic mass is 16.4. The van der Waals surface area contributed by atoms with Gasteiger partial charge in [-0.2, -0.15) is 0 Å². The maximum Gasteiger partial charge on any atom is 0.337 e. The molecule has 4 aromatic rings. The van der Waals surface area contributed by atoms with Gasteiger partial charge in [-0.1, -0.05) is 24.3 Å². The highest BCUT2D eigenvalue weighted by Gasteiger charge is 2.18. The van der Waals surface area contributed by atoms with Gasteiger partial charge in [-0.25, -0.2) is 9.78 Å². The Morgan fingerprint density at radius 3 is 2.66 bits per heavy atom. The number of carbonyl (C=O) groups is 1. The van der Waals surface area contributed by atoms with Crippen LogP contribution >= 0.6 is 0 Å². The van der Waals surface area contributed by atoms with Crippen molar-refractivity contribution in [3.05, 3.63) is 93.3 Å². The van der Waals surface area contributed by atoms with Crippen molar-refractivity contribution in [1.82, 2.24) is 4.98 Å². The number of aryl methyl sites for hydroxylation is 1. The second-order valence-electron chi connectivity index (χ2n) is 7.59. The molecule has 0 spiro atoms. The van der Waals surface area contributed by atoms with Crippen molar-refractivity contribution < 1.29 is 19.4 Å². The van der Waals surface area contributed by atoms with Gasteiger partial charge in [0, 0.05) is 17.3 Å². The maximum atomic E-state index is 12.9. The largest absolute Gasteiger partial charge is 0.478 e. The summed E-state index contributed by atoms with van der Waals surface area (Å²) >= 11 is 0. The zero-order valence-electron chi connectivity index (χ0n) is 17.6. The summed E-state index contributed by atoms with van der Waals surface area (Å²) in [6.45, 7) is 3.55. The van der Waals surface area contributed by atoms with Gasteiger partial charge in [0.15, 0.2) is 11.2 Å². The number of pyridine rings is 1. The second kappa shape index (κ2) is 8.64. The minimum atomic E-state index is -1.03. The van der Waals surface area contributed by atoms with E-state index in [1.807, 2.05) is 19.9 Å². The van der Waals surface area contributed by atoms with Crippen molar-refractivity contribution in [3.8, 4) is 11.5 Å². The predicted octanol–water partition coefficient (Wildman–Crippen LogP) is 4.53. The van der Waals surface area contributed by atoms with Gasteiger partial charge >= 0.3 is 5.97 Å². The van der Waals surface area contributed by atoms with E-state index >= 15 is 0 Å². The monoisotopic (exact) mass is 430 g/mol. The molecule has 2 aromatic carbocycles. The number of nitrogens with one attached hydrogen (secondary N) is 1. The quantitative estimate of drug-likeness (QED) is 0.412. The Morgan fingerprint density at radius 1 is 1.12 bits per heavy atom. The third kappa shape index (κ3) is 4.10. The maximum absolute atomic E-state index is 12.9. The molecule has 7 nitrogen and oxygen atoms in total. The van der Waals surface area contributed by atoms with E-state index < -0.39 is 5.97 Å². The lowest BCUT2D eigenvalue weighted by molar-refractivity contribution is 0.0698. The minimum absolute atomic E-state index is 0.156. The van der Waals surface area contributed by atoms with Gasteiger partial charge in [-0.15, -0.1) is 0 Å². The Balaban J connectivity index is 1.85. The molecule has 3 N–H and O–H groups in total. The molecule has 0 bridgehead atoms. The molecule has 162 valence electrons. The lowest BCUT2D eigenvalue weighted by atomic mass is 10.0. The molecule has 0 unspecified atom stereocenters. The lowest BCUT2D eigenvalue weighted by Gasteiger charge is -2.19. The standard InChI is InChI=1S/C25H22N2O5/c1-14-10-18(15(2)26-20-8-4-3-7-17(20)25(30)31)24-19(11-14)22(29)12-23(32-24)21-9-5-6-16(13-28)27-21/h3-12,15,26,28H,13H2,1-2H3,(H,30,31)/t15-/m1/s1. The summed E-state index contributed by atoms with van der Waals surface area (Å²) in [4.78, 5) is 28.8. The average molecular weight is 430 g/mol. The molecule has 7 heteroatoms. The number of rotatable bonds is 6. The van der Waals surface area contributed by atoms with Crippen LogP contribution in [0.5, 0.6) is 0 Å². The number of aromatic carboxylic acids is 1. The van der Waals surface area contributed by atoms with Gasteiger partial charge in [0.25, 0.3) is 0 Å². The van der Waals surface area contributed by atoms with Crippen molar-refractivity contribution in [3.63, 3.8) is 0 Å². The number of aromatic nitrogens is 1. The number of hydrogen-bond acceptors (Lipinski definition) is 6. The fourth-order valence-electron chi connectivity index (χ4n) is 3.69. The van der Waals surface area contributed by atoms with E-state index in [1.165, 1.54) is 12.1 Å². The molecular formula is C25H22N2O5. The van der Waals surface area contributed by atoms with E-state index in [0.717, 1.165) is 11.1 Å². The predicted molar refractivity (Wildman–Crippen MR) is 122 cm³/mol. The number of anilines is 1. The van der Waals surface area contributed by atoms with Gasteiger partial charge < -0.3 is 19.9 Å². The van der Waals surface area contributed by atoms with E-state index in [-0.39, 0.29) is 23.6 Å². The molecular weight excluding hydrogens is 408 g/mol. The lowest BCUT2D eigenvalue weighted by Crippen LogP contribution is -2.12. The first-order valence-electron chi connectivity index (χ1n) is 10.1. The molecule has 2 heterocycles. The molecule has 2 aromatic heterocycles. The fourth-order valence-corrected chi connectivity index (χ4v) is 3.69. The van der Waals surface area contributed by atoms with Gasteiger partial charge in [0.05, 0.1) is 29.3 Å². The van der Waals surface area contributed by atoms with Gasteiger partial charge in [-0.3, -0.25) is 4.79 Å². The summed E-state index contributed by atoms with van der Waals surface area (Å²) in [5, 5.41) is 22.5. The van der Waals surface area contributed by atoms with Crippen LogP contribution in [-0.2, 0) is 6.61 Å². The van der Waals surface area contributed by atoms with E-state index in [4.69, 9.17) is 4.42 Å². The normalized spacial score (nSPS) is 12.0.